The minimum absolute atomic E-state index is 0.0231. The predicted octanol–water partition coefficient (Wildman–Crippen LogP) is 0.742. The van der Waals surface area contributed by atoms with Crippen LogP contribution in [0, 0.1) is 0 Å². The largest absolute Gasteiger partial charge is 0.508 e. The lowest BCUT2D eigenvalue weighted by molar-refractivity contribution is 0.0600. The van der Waals surface area contributed by atoms with E-state index in [0.29, 0.717) is 13.1 Å². The number of piperidine rings is 1. The van der Waals surface area contributed by atoms with Gasteiger partial charge in [0.1, 0.15) is 5.75 Å². The third kappa shape index (κ3) is 3.08. The Kier molecular flexibility index (Phi) is 4.24. The number of methoxy groups -OCH3 is 1. The molecule has 1 aliphatic rings. The van der Waals surface area contributed by atoms with Gasteiger partial charge in [0.25, 0.3) is 5.91 Å². The van der Waals surface area contributed by atoms with Crippen molar-refractivity contribution in [1.82, 2.24) is 4.90 Å². The van der Waals surface area contributed by atoms with Crippen molar-refractivity contribution < 1.29 is 19.4 Å². The quantitative estimate of drug-likeness (QED) is 0.778. The number of hydrogen-bond acceptors (Lipinski definition) is 5. The molecule has 0 aromatic heterocycles. The summed E-state index contributed by atoms with van der Waals surface area (Å²) in [5.41, 5.74) is 6.27. The summed E-state index contributed by atoms with van der Waals surface area (Å²) in [4.78, 5) is 25.5. The average molecular weight is 278 g/mol. The molecule has 0 radical (unpaired) electrons. The highest BCUT2D eigenvalue weighted by atomic mass is 16.5. The second kappa shape index (κ2) is 5.92. The zero-order valence-electron chi connectivity index (χ0n) is 11.3. The molecule has 1 aromatic carbocycles. The van der Waals surface area contributed by atoms with Crippen molar-refractivity contribution in [1.29, 1.82) is 0 Å². The first-order chi connectivity index (χ1) is 9.51. The molecule has 0 aliphatic carbocycles. The number of aromatic hydroxyl groups is 1. The molecule has 6 heteroatoms. The topological polar surface area (TPSA) is 92.9 Å². The van der Waals surface area contributed by atoms with E-state index in [0.717, 1.165) is 12.8 Å². The van der Waals surface area contributed by atoms with E-state index < -0.39 is 5.97 Å². The molecule has 1 aliphatic heterocycles. The van der Waals surface area contributed by atoms with Crippen molar-refractivity contribution >= 4 is 11.9 Å². The number of phenolic OH excluding ortho intramolecular Hbond substituents is 1. The molecule has 0 saturated carbocycles. The van der Waals surface area contributed by atoms with Gasteiger partial charge < -0.3 is 20.5 Å². The molecule has 108 valence electrons. The first kappa shape index (κ1) is 14.3. The molecule has 20 heavy (non-hydrogen) atoms. The van der Waals surface area contributed by atoms with E-state index in [9.17, 15) is 14.7 Å². The fraction of sp³-hybridized carbons (Fsp3) is 0.429. The number of hydrogen-bond donors (Lipinski definition) is 2. The minimum Gasteiger partial charge on any atom is -0.508 e. The Labute approximate surface area is 117 Å². The van der Waals surface area contributed by atoms with Gasteiger partial charge in [-0.1, -0.05) is 0 Å². The van der Waals surface area contributed by atoms with Crippen LogP contribution in [0.1, 0.15) is 33.6 Å². The molecule has 2 rings (SSSR count). The fourth-order valence-corrected chi connectivity index (χ4v) is 2.35. The van der Waals surface area contributed by atoms with Crippen molar-refractivity contribution in [3.63, 3.8) is 0 Å². The second-order valence-corrected chi connectivity index (χ2v) is 4.91. The van der Waals surface area contributed by atoms with Crippen LogP contribution in [0.15, 0.2) is 18.2 Å². The number of nitrogens with two attached hydrogens (primary N) is 1. The Morgan fingerprint density at radius 3 is 2.70 bits per heavy atom. The van der Waals surface area contributed by atoms with Crippen LogP contribution in [0.2, 0.25) is 0 Å². The van der Waals surface area contributed by atoms with E-state index in [1.165, 1.54) is 25.3 Å². The summed E-state index contributed by atoms with van der Waals surface area (Å²) in [5, 5.41) is 9.63. The zero-order valence-corrected chi connectivity index (χ0v) is 11.3. The maximum absolute atomic E-state index is 12.4. The molecule has 1 unspecified atom stereocenters. The Morgan fingerprint density at radius 2 is 2.05 bits per heavy atom. The number of likely N-dealkylation sites (tertiary alicyclic amines) is 1. The molecular weight excluding hydrogens is 260 g/mol. The second-order valence-electron chi connectivity index (χ2n) is 4.91. The molecule has 6 nitrogen and oxygen atoms in total. The lowest BCUT2D eigenvalue weighted by Crippen LogP contribution is -2.45. The van der Waals surface area contributed by atoms with Gasteiger partial charge in [-0.2, -0.15) is 0 Å². The van der Waals surface area contributed by atoms with Gasteiger partial charge in [-0.25, -0.2) is 4.79 Å². The van der Waals surface area contributed by atoms with Gasteiger partial charge >= 0.3 is 5.97 Å². The maximum Gasteiger partial charge on any atom is 0.338 e. The summed E-state index contributed by atoms with van der Waals surface area (Å²) in [6.07, 6.45) is 1.76. The van der Waals surface area contributed by atoms with Gasteiger partial charge in [-0.3, -0.25) is 4.79 Å². The first-order valence-corrected chi connectivity index (χ1v) is 6.48. The van der Waals surface area contributed by atoms with Gasteiger partial charge in [-0.05, 0) is 31.0 Å². The van der Waals surface area contributed by atoms with Crippen LogP contribution >= 0.6 is 0 Å². The molecule has 1 atom stereocenters. The van der Waals surface area contributed by atoms with Crippen LogP contribution in [0.4, 0.5) is 0 Å². The first-order valence-electron chi connectivity index (χ1n) is 6.48. The summed E-state index contributed by atoms with van der Waals surface area (Å²) in [6, 6.07) is 4.01. The third-order valence-electron chi connectivity index (χ3n) is 3.33. The number of carbonyl (C=O) groups is 2. The van der Waals surface area contributed by atoms with Crippen LogP contribution in [0.5, 0.6) is 5.75 Å². The van der Waals surface area contributed by atoms with Crippen molar-refractivity contribution in [2.45, 2.75) is 18.9 Å². The number of amides is 1. The van der Waals surface area contributed by atoms with Crippen molar-refractivity contribution in [3.8, 4) is 5.75 Å². The smallest absolute Gasteiger partial charge is 0.338 e. The third-order valence-corrected chi connectivity index (χ3v) is 3.33. The van der Waals surface area contributed by atoms with Crippen LogP contribution in [0.25, 0.3) is 0 Å². The van der Waals surface area contributed by atoms with E-state index in [2.05, 4.69) is 4.74 Å². The van der Waals surface area contributed by atoms with Gasteiger partial charge in [-0.15, -0.1) is 0 Å². The van der Waals surface area contributed by atoms with Crippen LogP contribution < -0.4 is 5.73 Å². The number of ether oxygens (including phenoxy) is 1. The van der Waals surface area contributed by atoms with Gasteiger partial charge in [0.05, 0.1) is 12.7 Å². The van der Waals surface area contributed by atoms with E-state index in [4.69, 9.17) is 5.73 Å². The average Bonchev–Trinajstić information content (AvgIpc) is 2.45. The molecule has 1 saturated heterocycles. The normalized spacial score (nSPS) is 18.7. The number of carbonyl (C=O) groups excluding carboxylic acids is 2. The maximum atomic E-state index is 12.4. The highest BCUT2D eigenvalue weighted by Gasteiger charge is 2.23. The summed E-state index contributed by atoms with van der Waals surface area (Å²) < 4.78 is 4.59. The Hall–Kier alpha value is -2.08. The Balaban J connectivity index is 2.25. The number of phenols is 1. The molecule has 1 aromatic rings. The summed E-state index contributed by atoms with van der Waals surface area (Å²) >= 11 is 0. The predicted molar refractivity (Wildman–Crippen MR) is 72.6 cm³/mol. The standard InChI is InChI=1S/C14H18N2O4/c1-20-14(19)10-5-9(6-12(17)7-10)13(18)16-4-2-3-11(15)8-16/h5-7,11,17H,2-4,8,15H2,1H3. The molecule has 1 heterocycles. The number of benzene rings is 1. The highest BCUT2D eigenvalue weighted by molar-refractivity contribution is 5.98. The molecule has 3 N–H and O–H groups in total. The van der Waals surface area contributed by atoms with Gasteiger partial charge in [0.15, 0.2) is 0 Å². The number of rotatable bonds is 2. The van der Waals surface area contributed by atoms with E-state index in [1.54, 1.807) is 4.90 Å². The summed E-state index contributed by atoms with van der Waals surface area (Å²) in [7, 11) is 1.25. The Morgan fingerprint density at radius 1 is 1.35 bits per heavy atom. The fourth-order valence-electron chi connectivity index (χ4n) is 2.35. The van der Waals surface area contributed by atoms with Crippen LogP contribution in [-0.4, -0.2) is 48.1 Å². The number of nitrogens with zero attached hydrogens (tertiary/aromatic N) is 1. The SMILES string of the molecule is COC(=O)c1cc(O)cc(C(=O)N2CCCC(N)C2)c1. The van der Waals surface area contributed by atoms with Gasteiger partial charge in [0, 0.05) is 24.7 Å². The monoisotopic (exact) mass is 278 g/mol. The van der Waals surface area contributed by atoms with Crippen molar-refractivity contribution in [2.75, 3.05) is 20.2 Å². The molecule has 1 fully saturated rings. The summed E-state index contributed by atoms with van der Waals surface area (Å²) in [5.74, 6) is -0.968. The van der Waals surface area contributed by atoms with E-state index in [-0.39, 0.29) is 28.8 Å². The lowest BCUT2D eigenvalue weighted by Gasteiger charge is -2.30. The molecule has 1 amide bonds. The molecule has 0 spiro atoms. The minimum atomic E-state index is -0.592. The molecular formula is C14H18N2O4. The van der Waals surface area contributed by atoms with Crippen LogP contribution in [0.3, 0.4) is 0 Å². The molecule has 0 bridgehead atoms. The van der Waals surface area contributed by atoms with Crippen molar-refractivity contribution in [2.24, 2.45) is 5.73 Å². The highest BCUT2D eigenvalue weighted by Crippen LogP contribution is 2.19. The van der Waals surface area contributed by atoms with E-state index in [1.807, 2.05) is 0 Å². The zero-order chi connectivity index (χ0) is 14.7. The number of esters is 1. The lowest BCUT2D eigenvalue weighted by atomic mass is 10.0. The van der Waals surface area contributed by atoms with Gasteiger partial charge in [0.2, 0.25) is 0 Å². The van der Waals surface area contributed by atoms with Crippen molar-refractivity contribution in [3.05, 3.63) is 29.3 Å². The van der Waals surface area contributed by atoms with E-state index >= 15 is 0 Å². The summed E-state index contributed by atoms with van der Waals surface area (Å²) in [6.45, 7) is 1.12. The van der Waals surface area contributed by atoms with Crippen LogP contribution in [-0.2, 0) is 4.74 Å². The Bertz CT molecular complexity index is 530.